The van der Waals surface area contributed by atoms with Crippen LogP contribution in [0, 0.1) is 5.41 Å². The number of sulfonamides is 1. The number of carbonyl (C=O) groups is 1. The molecule has 0 aromatic heterocycles. The first-order valence-electron chi connectivity index (χ1n) is 6.69. The Morgan fingerprint density at radius 1 is 1.21 bits per heavy atom. The molecule has 1 rings (SSSR count). The molecule has 0 amide bonds. The third-order valence-corrected chi connectivity index (χ3v) is 5.13. The van der Waals surface area contributed by atoms with E-state index in [1.165, 1.54) is 0 Å². The summed E-state index contributed by atoms with van der Waals surface area (Å²) in [7, 11) is -3.45. The summed E-state index contributed by atoms with van der Waals surface area (Å²) in [5, 5.41) is 17.9. The molecule has 1 aliphatic rings. The van der Waals surface area contributed by atoms with E-state index in [9.17, 15) is 18.3 Å². The number of rotatable bonds is 8. The minimum absolute atomic E-state index is 0.00928. The molecule has 0 atom stereocenters. The van der Waals surface area contributed by atoms with Crippen molar-refractivity contribution in [3.63, 3.8) is 0 Å². The van der Waals surface area contributed by atoms with Crippen LogP contribution < -0.4 is 4.72 Å². The van der Waals surface area contributed by atoms with Crippen molar-refractivity contribution >= 4 is 16.0 Å². The SMILES string of the molecule is O=C(O)CCCS(=O)(=O)NCC1(CO)CCCCC1. The molecule has 0 spiro atoms. The van der Waals surface area contributed by atoms with Crippen LogP contribution in [-0.4, -0.2) is 43.5 Å². The van der Waals surface area contributed by atoms with Crippen LogP contribution in [0.4, 0.5) is 0 Å². The fraction of sp³-hybridized carbons (Fsp3) is 0.917. The van der Waals surface area contributed by atoms with Gasteiger partial charge < -0.3 is 10.2 Å². The Morgan fingerprint density at radius 2 is 1.84 bits per heavy atom. The second-order valence-electron chi connectivity index (χ2n) is 5.36. The molecule has 112 valence electrons. The first kappa shape index (κ1) is 16.4. The van der Waals surface area contributed by atoms with E-state index < -0.39 is 16.0 Å². The molecule has 0 bridgehead atoms. The number of carboxylic acids is 1. The van der Waals surface area contributed by atoms with E-state index in [2.05, 4.69) is 4.72 Å². The highest BCUT2D eigenvalue weighted by Crippen LogP contribution is 2.35. The summed E-state index contributed by atoms with van der Waals surface area (Å²) in [6, 6.07) is 0. The van der Waals surface area contributed by atoms with Gasteiger partial charge >= 0.3 is 5.97 Å². The lowest BCUT2D eigenvalue weighted by Crippen LogP contribution is -2.42. The van der Waals surface area contributed by atoms with Crippen molar-refractivity contribution in [2.24, 2.45) is 5.41 Å². The van der Waals surface area contributed by atoms with Crippen LogP contribution in [0.15, 0.2) is 0 Å². The summed E-state index contributed by atoms with van der Waals surface area (Å²) < 4.78 is 26.0. The largest absolute Gasteiger partial charge is 0.481 e. The number of aliphatic carboxylic acids is 1. The Kier molecular flexibility index (Phi) is 6.22. The Morgan fingerprint density at radius 3 is 2.37 bits per heavy atom. The van der Waals surface area contributed by atoms with E-state index in [1.807, 2.05) is 0 Å². The molecule has 0 aromatic rings. The molecule has 0 saturated heterocycles. The molecule has 1 fully saturated rings. The first-order chi connectivity index (χ1) is 8.89. The van der Waals surface area contributed by atoms with E-state index >= 15 is 0 Å². The lowest BCUT2D eigenvalue weighted by molar-refractivity contribution is -0.137. The van der Waals surface area contributed by atoms with E-state index in [4.69, 9.17) is 5.11 Å². The molecule has 1 saturated carbocycles. The highest BCUT2D eigenvalue weighted by atomic mass is 32.2. The van der Waals surface area contributed by atoms with Crippen molar-refractivity contribution in [1.82, 2.24) is 4.72 Å². The van der Waals surface area contributed by atoms with Gasteiger partial charge in [0.15, 0.2) is 0 Å². The van der Waals surface area contributed by atoms with E-state index in [0.717, 1.165) is 32.1 Å². The maximum absolute atomic E-state index is 11.7. The van der Waals surface area contributed by atoms with Gasteiger partial charge in [-0.25, -0.2) is 13.1 Å². The van der Waals surface area contributed by atoms with Gasteiger partial charge in [0.05, 0.1) is 5.75 Å². The van der Waals surface area contributed by atoms with Crippen LogP contribution in [0.5, 0.6) is 0 Å². The standard InChI is InChI=1S/C12H23NO5S/c14-10-12(6-2-1-3-7-12)9-13-19(17,18)8-4-5-11(15)16/h13-14H,1-10H2,(H,15,16). The molecule has 1 aliphatic carbocycles. The van der Waals surface area contributed by atoms with Gasteiger partial charge in [-0.1, -0.05) is 19.3 Å². The second kappa shape index (κ2) is 7.21. The number of nitrogens with one attached hydrogen (secondary N) is 1. The third-order valence-electron chi connectivity index (χ3n) is 3.72. The van der Waals surface area contributed by atoms with E-state index in [-0.39, 0.29) is 37.2 Å². The zero-order valence-electron chi connectivity index (χ0n) is 11.1. The van der Waals surface area contributed by atoms with Crippen LogP contribution in [-0.2, 0) is 14.8 Å². The highest BCUT2D eigenvalue weighted by molar-refractivity contribution is 7.89. The van der Waals surface area contributed by atoms with Crippen molar-refractivity contribution in [1.29, 1.82) is 0 Å². The van der Waals surface area contributed by atoms with Gasteiger partial charge in [0.1, 0.15) is 0 Å². The Balaban J connectivity index is 2.42. The first-order valence-corrected chi connectivity index (χ1v) is 8.34. The van der Waals surface area contributed by atoms with Gasteiger partial charge in [0.25, 0.3) is 0 Å². The smallest absolute Gasteiger partial charge is 0.303 e. The number of aliphatic hydroxyl groups is 1. The average molecular weight is 293 g/mol. The predicted octanol–water partition coefficient (Wildman–Crippen LogP) is 0.713. The van der Waals surface area contributed by atoms with Crippen molar-refractivity contribution in [2.75, 3.05) is 18.9 Å². The molecule has 0 radical (unpaired) electrons. The topological polar surface area (TPSA) is 104 Å². The quantitative estimate of drug-likeness (QED) is 0.611. The van der Waals surface area contributed by atoms with E-state index in [0.29, 0.717) is 0 Å². The maximum atomic E-state index is 11.7. The summed E-state index contributed by atoms with van der Waals surface area (Å²) in [5.41, 5.74) is -0.335. The number of hydrogen-bond donors (Lipinski definition) is 3. The van der Waals surface area contributed by atoms with Crippen molar-refractivity contribution in [3.05, 3.63) is 0 Å². The summed E-state index contributed by atoms with van der Waals surface area (Å²) in [6.45, 7) is 0.240. The Labute approximate surface area is 114 Å². The fourth-order valence-electron chi connectivity index (χ4n) is 2.44. The molecule has 0 heterocycles. The van der Waals surface area contributed by atoms with Crippen LogP contribution in [0.1, 0.15) is 44.9 Å². The number of carboxylic acid groups (broad SMARTS) is 1. The third kappa shape index (κ3) is 5.88. The van der Waals surface area contributed by atoms with Gasteiger partial charge in [-0.3, -0.25) is 4.79 Å². The van der Waals surface area contributed by atoms with Crippen LogP contribution in [0.3, 0.4) is 0 Å². The predicted molar refractivity (Wildman–Crippen MR) is 71.3 cm³/mol. The van der Waals surface area contributed by atoms with Gasteiger partial charge in [0, 0.05) is 25.0 Å². The fourth-order valence-corrected chi connectivity index (χ4v) is 3.64. The van der Waals surface area contributed by atoms with Crippen LogP contribution in [0.25, 0.3) is 0 Å². The summed E-state index contributed by atoms with van der Waals surface area (Å²) in [4.78, 5) is 10.3. The molecule has 7 heteroatoms. The molecule has 0 aliphatic heterocycles. The number of hydrogen-bond acceptors (Lipinski definition) is 4. The normalized spacial score (nSPS) is 19.2. The van der Waals surface area contributed by atoms with Crippen molar-refractivity contribution < 1.29 is 23.4 Å². The van der Waals surface area contributed by atoms with Crippen molar-refractivity contribution in [2.45, 2.75) is 44.9 Å². The molecule has 6 nitrogen and oxygen atoms in total. The maximum Gasteiger partial charge on any atom is 0.303 e. The van der Waals surface area contributed by atoms with Crippen LogP contribution in [0.2, 0.25) is 0 Å². The summed E-state index contributed by atoms with van der Waals surface area (Å²) in [5.74, 6) is -1.17. The molecule has 3 N–H and O–H groups in total. The van der Waals surface area contributed by atoms with E-state index in [1.54, 1.807) is 0 Å². The van der Waals surface area contributed by atoms with Crippen LogP contribution >= 0.6 is 0 Å². The zero-order valence-corrected chi connectivity index (χ0v) is 11.9. The lowest BCUT2D eigenvalue weighted by Gasteiger charge is -2.35. The molecular weight excluding hydrogens is 270 g/mol. The van der Waals surface area contributed by atoms with Gasteiger partial charge in [-0.2, -0.15) is 0 Å². The monoisotopic (exact) mass is 293 g/mol. The molecular formula is C12H23NO5S. The Bertz CT molecular complexity index is 387. The molecule has 0 unspecified atom stereocenters. The zero-order chi connectivity index (χ0) is 14.4. The second-order valence-corrected chi connectivity index (χ2v) is 7.28. The highest BCUT2D eigenvalue weighted by Gasteiger charge is 2.32. The summed E-state index contributed by atoms with van der Waals surface area (Å²) >= 11 is 0. The minimum atomic E-state index is -3.45. The van der Waals surface area contributed by atoms with Gasteiger partial charge in [-0.15, -0.1) is 0 Å². The molecule has 19 heavy (non-hydrogen) atoms. The number of aliphatic hydroxyl groups excluding tert-OH is 1. The lowest BCUT2D eigenvalue weighted by atomic mass is 9.75. The Hall–Kier alpha value is -0.660. The van der Waals surface area contributed by atoms with Gasteiger partial charge in [-0.05, 0) is 19.3 Å². The minimum Gasteiger partial charge on any atom is -0.481 e. The van der Waals surface area contributed by atoms with Gasteiger partial charge in [0.2, 0.25) is 10.0 Å². The summed E-state index contributed by atoms with van der Waals surface area (Å²) in [6.07, 6.45) is 4.79. The molecule has 0 aromatic carbocycles. The average Bonchev–Trinajstić information content (AvgIpc) is 2.37. The van der Waals surface area contributed by atoms with Crippen molar-refractivity contribution in [3.8, 4) is 0 Å².